The molecule has 1 fully saturated rings. The third-order valence-electron chi connectivity index (χ3n) is 9.74. The van der Waals surface area contributed by atoms with Gasteiger partial charge in [-0.05, 0) is 75.1 Å². The van der Waals surface area contributed by atoms with E-state index in [1.807, 2.05) is 31.2 Å². The molecule has 50 heavy (non-hydrogen) atoms. The van der Waals surface area contributed by atoms with Gasteiger partial charge >= 0.3 is 0 Å². The summed E-state index contributed by atoms with van der Waals surface area (Å²) in [6.07, 6.45) is 0.707. The zero-order valence-electron chi connectivity index (χ0n) is 29.1. The van der Waals surface area contributed by atoms with Crippen LogP contribution >= 0.6 is 11.3 Å². The summed E-state index contributed by atoms with van der Waals surface area (Å²) >= 11 is 1.44. The summed E-state index contributed by atoms with van der Waals surface area (Å²) in [6, 6.07) is 22.6. The minimum absolute atomic E-state index is 0.139. The van der Waals surface area contributed by atoms with Crippen molar-refractivity contribution >= 4 is 38.9 Å². The van der Waals surface area contributed by atoms with Gasteiger partial charge in [0.15, 0.2) is 11.5 Å². The first kappa shape index (κ1) is 35.6. The van der Waals surface area contributed by atoms with Crippen LogP contribution in [0.25, 0.3) is 0 Å². The van der Waals surface area contributed by atoms with Crippen LogP contribution in [0.15, 0.2) is 77.7 Å². The number of fused-ring (bicyclic) bond motifs is 1. The van der Waals surface area contributed by atoms with Crippen LogP contribution in [0.3, 0.4) is 0 Å². The van der Waals surface area contributed by atoms with Gasteiger partial charge in [-0.3, -0.25) is 19.4 Å². The highest BCUT2D eigenvalue weighted by Crippen LogP contribution is 2.41. The number of anilines is 1. The molecule has 1 N–H and O–H groups in total. The number of hydrogen-bond acceptors (Lipinski definition) is 9. The lowest BCUT2D eigenvalue weighted by atomic mass is 9.99. The Labute approximate surface area is 298 Å². The average Bonchev–Trinajstić information content (AvgIpc) is 3.62. The molecule has 10 nitrogen and oxygen atoms in total. The van der Waals surface area contributed by atoms with Gasteiger partial charge in [0.1, 0.15) is 0 Å². The fourth-order valence-electron chi connectivity index (χ4n) is 7.08. The SMILES string of the molecule is COc1ccc([C@@H](CCCNS(=O)(=O)c2cc(C)sc2C)N2C(=O)c3cccc(N4CCN(C(C)c5ccccc5)CC4)c3C2=O)cc1OC. The molecular weight excluding hydrogens is 673 g/mol. The summed E-state index contributed by atoms with van der Waals surface area (Å²) in [6.45, 7) is 9.11. The Morgan fingerprint density at radius 1 is 0.840 bits per heavy atom. The number of nitrogens with one attached hydrogen (secondary N) is 1. The number of ether oxygens (including phenoxy) is 2. The second-order valence-corrected chi connectivity index (χ2v) is 15.9. The molecule has 4 aromatic rings. The molecule has 2 aliphatic heterocycles. The van der Waals surface area contributed by atoms with E-state index in [0.29, 0.717) is 41.0 Å². The molecule has 264 valence electrons. The van der Waals surface area contributed by atoms with Crippen molar-refractivity contribution in [2.75, 3.05) is 51.8 Å². The number of amides is 2. The van der Waals surface area contributed by atoms with E-state index in [-0.39, 0.29) is 29.3 Å². The number of carbonyl (C=O) groups excluding carboxylic acids is 2. The minimum atomic E-state index is -3.71. The van der Waals surface area contributed by atoms with E-state index in [9.17, 15) is 18.0 Å². The number of nitrogens with zero attached hydrogens (tertiary/aromatic N) is 3. The van der Waals surface area contributed by atoms with Gasteiger partial charge in [0.05, 0.1) is 42.0 Å². The largest absolute Gasteiger partial charge is 0.493 e. The molecule has 0 saturated carbocycles. The lowest BCUT2D eigenvalue weighted by Crippen LogP contribution is -2.47. The molecule has 6 rings (SSSR count). The summed E-state index contributed by atoms with van der Waals surface area (Å²) in [5.74, 6) is 0.270. The van der Waals surface area contributed by atoms with Crippen LogP contribution in [-0.4, -0.2) is 77.0 Å². The summed E-state index contributed by atoms with van der Waals surface area (Å²) in [5, 5.41) is 0. The molecule has 2 atom stereocenters. The van der Waals surface area contributed by atoms with E-state index in [1.54, 1.807) is 38.3 Å². The summed E-state index contributed by atoms with van der Waals surface area (Å²) in [7, 11) is -0.629. The number of imide groups is 1. The van der Waals surface area contributed by atoms with E-state index in [0.717, 1.165) is 41.6 Å². The average molecular weight is 717 g/mol. The first-order valence-electron chi connectivity index (χ1n) is 16.9. The quantitative estimate of drug-likeness (QED) is 0.126. The molecule has 2 aliphatic rings. The van der Waals surface area contributed by atoms with Gasteiger partial charge in [-0.25, -0.2) is 13.1 Å². The number of methoxy groups -OCH3 is 2. The van der Waals surface area contributed by atoms with Gasteiger partial charge in [0.2, 0.25) is 10.0 Å². The fraction of sp³-hybridized carbons (Fsp3) is 0.368. The normalized spacial score (nSPS) is 16.4. The van der Waals surface area contributed by atoms with Crippen molar-refractivity contribution in [3.63, 3.8) is 0 Å². The van der Waals surface area contributed by atoms with Crippen molar-refractivity contribution in [3.8, 4) is 11.5 Å². The lowest BCUT2D eigenvalue weighted by Gasteiger charge is -2.39. The van der Waals surface area contributed by atoms with Gasteiger partial charge in [0.25, 0.3) is 11.8 Å². The zero-order valence-corrected chi connectivity index (χ0v) is 30.8. The summed E-state index contributed by atoms with van der Waals surface area (Å²) in [4.78, 5) is 36.5. The summed E-state index contributed by atoms with van der Waals surface area (Å²) < 4.78 is 39.9. The van der Waals surface area contributed by atoms with Crippen LogP contribution < -0.4 is 19.1 Å². The Morgan fingerprint density at radius 2 is 1.56 bits per heavy atom. The summed E-state index contributed by atoms with van der Waals surface area (Å²) in [5.41, 5.74) is 3.51. The van der Waals surface area contributed by atoms with Crippen molar-refractivity contribution in [1.82, 2.24) is 14.5 Å². The Morgan fingerprint density at radius 3 is 2.22 bits per heavy atom. The van der Waals surface area contributed by atoms with Gasteiger partial charge < -0.3 is 14.4 Å². The minimum Gasteiger partial charge on any atom is -0.493 e. The van der Waals surface area contributed by atoms with Crippen LogP contribution in [0.4, 0.5) is 5.69 Å². The Balaban J connectivity index is 1.24. The highest BCUT2D eigenvalue weighted by Gasteiger charge is 2.43. The number of hydrogen-bond donors (Lipinski definition) is 1. The maximum Gasteiger partial charge on any atom is 0.264 e. The van der Waals surface area contributed by atoms with Crippen molar-refractivity contribution in [3.05, 3.63) is 105 Å². The van der Waals surface area contributed by atoms with Crippen molar-refractivity contribution in [2.45, 2.75) is 50.6 Å². The molecule has 2 amide bonds. The second-order valence-electron chi connectivity index (χ2n) is 12.7. The standard InChI is InChI=1S/C38H44N4O6S2/c1-25-23-35(27(3)49-25)50(45,46)39-18-10-15-31(29-16-17-33(47-4)34(24-29)48-5)42-37(43)30-13-9-14-32(36(30)38(42)44)41-21-19-40(20-22-41)26(2)28-11-7-6-8-12-28/h6-9,11-14,16-17,23-24,26,31,39H,10,15,18-22H2,1-5H3/t26?,31-/m1/s1. The number of piperazine rings is 1. The third-order valence-corrected chi connectivity index (χ3v) is 12.4. The Kier molecular flexibility index (Phi) is 10.6. The van der Waals surface area contributed by atoms with Crippen molar-refractivity contribution in [2.24, 2.45) is 0 Å². The molecule has 1 aromatic heterocycles. The number of sulfonamides is 1. The molecule has 12 heteroatoms. The van der Waals surface area contributed by atoms with E-state index < -0.39 is 16.1 Å². The monoisotopic (exact) mass is 716 g/mol. The predicted octanol–water partition coefficient (Wildman–Crippen LogP) is 6.36. The van der Waals surface area contributed by atoms with E-state index in [4.69, 9.17) is 9.47 Å². The molecule has 1 unspecified atom stereocenters. The fourth-order valence-corrected chi connectivity index (χ4v) is 9.71. The molecular formula is C38H44N4O6S2. The number of rotatable bonds is 13. The number of aryl methyl sites for hydroxylation is 2. The highest BCUT2D eigenvalue weighted by molar-refractivity contribution is 7.89. The van der Waals surface area contributed by atoms with E-state index in [2.05, 4.69) is 45.7 Å². The number of thiophene rings is 1. The first-order chi connectivity index (χ1) is 24.0. The van der Waals surface area contributed by atoms with Gasteiger partial charge in [-0.1, -0.05) is 42.5 Å². The van der Waals surface area contributed by atoms with Crippen LogP contribution in [0, 0.1) is 13.8 Å². The maximum absolute atomic E-state index is 14.4. The Hall–Kier alpha value is -4.23. The highest BCUT2D eigenvalue weighted by atomic mass is 32.2. The maximum atomic E-state index is 14.4. The molecule has 3 aromatic carbocycles. The van der Waals surface area contributed by atoms with Crippen molar-refractivity contribution < 1.29 is 27.5 Å². The lowest BCUT2D eigenvalue weighted by molar-refractivity contribution is 0.0572. The molecule has 0 bridgehead atoms. The van der Waals surface area contributed by atoms with Crippen LogP contribution in [0.5, 0.6) is 11.5 Å². The van der Waals surface area contributed by atoms with Crippen LogP contribution in [-0.2, 0) is 10.0 Å². The topological polar surface area (TPSA) is 108 Å². The predicted molar refractivity (Wildman–Crippen MR) is 196 cm³/mol. The molecule has 1 saturated heterocycles. The van der Waals surface area contributed by atoms with E-state index in [1.165, 1.54) is 28.9 Å². The molecule has 0 spiro atoms. The van der Waals surface area contributed by atoms with E-state index >= 15 is 0 Å². The molecule has 0 aliphatic carbocycles. The van der Waals surface area contributed by atoms with Gasteiger partial charge in [0, 0.05) is 48.5 Å². The molecule has 3 heterocycles. The molecule has 0 radical (unpaired) electrons. The zero-order chi connectivity index (χ0) is 35.6. The smallest absolute Gasteiger partial charge is 0.264 e. The van der Waals surface area contributed by atoms with Crippen LogP contribution in [0.2, 0.25) is 0 Å². The van der Waals surface area contributed by atoms with Gasteiger partial charge in [-0.15, -0.1) is 11.3 Å². The Bertz CT molecular complexity index is 1970. The van der Waals surface area contributed by atoms with Gasteiger partial charge in [-0.2, -0.15) is 0 Å². The number of carbonyl (C=O) groups is 2. The number of benzene rings is 3. The third kappa shape index (κ3) is 7.02. The second kappa shape index (κ2) is 14.9. The van der Waals surface area contributed by atoms with Crippen molar-refractivity contribution in [1.29, 1.82) is 0 Å². The first-order valence-corrected chi connectivity index (χ1v) is 19.2. The van der Waals surface area contributed by atoms with Crippen LogP contribution in [0.1, 0.15) is 73.4 Å².